The molecule has 0 bridgehead atoms. The van der Waals surface area contributed by atoms with Crippen molar-refractivity contribution in [3.63, 3.8) is 0 Å². The molecule has 26 heavy (non-hydrogen) atoms. The molecule has 3 aromatic rings. The second-order valence-corrected chi connectivity index (χ2v) is 6.14. The highest BCUT2D eigenvalue weighted by Gasteiger charge is 2.03. The first-order valence-corrected chi connectivity index (χ1v) is 8.98. The molecule has 0 amide bonds. The normalized spacial score (nSPS) is 10.3. The van der Waals surface area contributed by atoms with Crippen LogP contribution in [0.5, 0.6) is 11.5 Å². The van der Waals surface area contributed by atoms with Crippen LogP contribution >= 0.6 is 0 Å². The van der Waals surface area contributed by atoms with E-state index in [1.54, 1.807) is 7.11 Å². The minimum absolute atomic E-state index is 0.704. The zero-order valence-corrected chi connectivity index (χ0v) is 15.2. The van der Waals surface area contributed by atoms with Gasteiger partial charge in [0.25, 0.3) is 0 Å². The molecule has 0 heterocycles. The Kier molecular flexibility index (Phi) is 6.54. The Morgan fingerprint density at radius 1 is 0.769 bits per heavy atom. The molecule has 0 fully saturated rings. The number of anilines is 1. The van der Waals surface area contributed by atoms with Crippen LogP contribution in [0.3, 0.4) is 0 Å². The largest absolute Gasteiger partial charge is 0.497 e. The molecule has 0 aliphatic rings. The van der Waals surface area contributed by atoms with E-state index in [0.29, 0.717) is 6.61 Å². The van der Waals surface area contributed by atoms with E-state index < -0.39 is 0 Å². The van der Waals surface area contributed by atoms with Gasteiger partial charge in [-0.05, 0) is 48.2 Å². The maximum absolute atomic E-state index is 6.00. The fraction of sp³-hybridized carbons (Fsp3) is 0.217. The summed E-state index contributed by atoms with van der Waals surface area (Å²) in [5.41, 5.74) is 3.56. The molecule has 3 aromatic carbocycles. The smallest absolute Gasteiger partial charge is 0.142 e. The quantitative estimate of drug-likeness (QED) is 0.532. The van der Waals surface area contributed by atoms with Crippen LogP contribution in [0.25, 0.3) is 0 Å². The Balaban J connectivity index is 1.50. The molecule has 134 valence electrons. The maximum Gasteiger partial charge on any atom is 0.142 e. The van der Waals surface area contributed by atoms with Crippen molar-refractivity contribution in [3.8, 4) is 11.5 Å². The lowest BCUT2D eigenvalue weighted by Crippen LogP contribution is -2.04. The van der Waals surface area contributed by atoms with Gasteiger partial charge in [-0.25, -0.2) is 0 Å². The fourth-order valence-electron chi connectivity index (χ4n) is 2.78. The van der Waals surface area contributed by atoms with E-state index in [1.807, 2.05) is 36.4 Å². The zero-order valence-electron chi connectivity index (χ0n) is 15.2. The van der Waals surface area contributed by atoms with Gasteiger partial charge in [0.2, 0.25) is 0 Å². The average Bonchev–Trinajstić information content (AvgIpc) is 2.71. The zero-order chi connectivity index (χ0) is 18.0. The van der Waals surface area contributed by atoms with Gasteiger partial charge in [-0.1, -0.05) is 54.6 Å². The van der Waals surface area contributed by atoms with Crippen LogP contribution < -0.4 is 14.8 Å². The van der Waals surface area contributed by atoms with Crippen molar-refractivity contribution in [2.24, 2.45) is 0 Å². The number of rotatable bonds is 9. The van der Waals surface area contributed by atoms with Gasteiger partial charge in [0.1, 0.15) is 11.5 Å². The molecule has 0 aliphatic heterocycles. The Labute approximate surface area is 155 Å². The SMILES string of the molecule is COc1ccc(CNc2ccccc2OCCCc2ccccc2)cc1. The number of ether oxygens (including phenoxy) is 2. The van der Waals surface area contributed by atoms with E-state index in [2.05, 4.69) is 47.8 Å². The van der Waals surface area contributed by atoms with E-state index >= 15 is 0 Å². The summed E-state index contributed by atoms with van der Waals surface area (Å²) < 4.78 is 11.2. The Morgan fingerprint density at radius 3 is 2.27 bits per heavy atom. The molecule has 0 saturated heterocycles. The lowest BCUT2D eigenvalue weighted by Gasteiger charge is -2.13. The minimum atomic E-state index is 0.704. The summed E-state index contributed by atoms with van der Waals surface area (Å²) in [5.74, 6) is 1.77. The third-order valence-corrected chi connectivity index (χ3v) is 4.24. The van der Waals surface area contributed by atoms with Crippen LogP contribution in [0, 0.1) is 0 Å². The predicted molar refractivity (Wildman–Crippen MR) is 107 cm³/mol. The standard InChI is InChI=1S/C23H25NO2/c1-25-21-15-13-20(14-16-21)18-24-22-11-5-6-12-23(22)26-17-7-10-19-8-3-2-4-9-19/h2-6,8-9,11-16,24H,7,10,17-18H2,1H3. The Hall–Kier alpha value is -2.94. The maximum atomic E-state index is 6.00. The molecule has 0 atom stereocenters. The van der Waals surface area contributed by atoms with Crippen molar-refractivity contribution in [2.75, 3.05) is 19.0 Å². The van der Waals surface area contributed by atoms with Crippen molar-refractivity contribution < 1.29 is 9.47 Å². The number of hydrogen-bond donors (Lipinski definition) is 1. The molecule has 0 radical (unpaired) electrons. The van der Waals surface area contributed by atoms with Crippen LogP contribution in [0.2, 0.25) is 0 Å². The molecule has 0 spiro atoms. The second-order valence-electron chi connectivity index (χ2n) is 6.14. The van der Waals surface area contributed by atoms with Crippen molar-refractivity contribution in [1.82, 2.24) is 0 Å². The highest BCUT2D eigenvalue weighted by Crippen LogP contribution is 2.25. The molecular formula is C23H25NO2. The number of hydrogen-bond acceptors (Lipinski definition) is 3. The molecule has 1 N–H and O–H groups in total. The summed E-state index contributed by atoms with van der Waals surface area (Å²) in [4.78, 5) is 0. The summed E-state index contributed by atoms with van der Waals surface area (Å²) in [5, 5.41) is 3.46. The number of nitrogens with one attached hydrogen (secondary N) is 1. The van der Waals surface area contributed by atoms with E-state index in [4.69, 9.17) is 9.47 Å². The number of benzene rings is 3. The summed E-state index contributed by atoms with van der Waals surface area (Å²) in [6, 6.07) is 26.7. The summed E-state index contributed by atoms with van der Waals surface area (Å²) in [7, 11) is 1.68. The third-order valence-electron chi connectivity index (χ3n) is 4.24. The second kappa shape index (κ2) is 9.52. The number of aryl methyl sites for hydroxylation is 1. The van der Waals surface area contributed by atoms with Crippen molar-refractivity contribution in [2.45, 2.75) is 19.4 Å². The molecule has 0 aliphatic carbocycles. The molecular weight excluding hydrogens is 322 g/mol. The summed E-state index contributed by atoms with van der Waals surface area (Å²) >= 11 is 0. The van der Waals surface area contributed by atoms with Crippen LogP contribution in [-0.4, -0.2) is 13.7 Å². The third kappa shape index (κ3) is 5.28. The van der Waals surface area contributed by atoms with Crippen LogP contribution in [0.15, 0.2) is 78.9 Å². The van der Waals surface area contributed by atoms with Crippen molar-refractivity contribution in [1.29, 1.82) is 0 Å². The molecule has 3 nitrogen and oxygen atoms in total. The monoisotopic (exact) mass is 347 g/mol. The highest BCUT2D eigenvalue weighted by molar-refractivity contribution is 5.56. The van der Waals surface area contributed by atoms with Gasteiger partial charge < -0.3 is 14.8 Å². The minimum Gasteiger partial charge on any atom is -0.497 e. The van der Waals surface area contributed by atoms with Gasteiger partial charge in [-0.3, -0.25) is 0 Å². The summed E-state index contributed by atoms with van der Waals surface area (Å²) in [6.45, 7) is 1.45. The van der Waals surface area contributed by atoms with Gasteiger partial charge in [0, 0.05) is 6.54 Å². The molecule has 3 rings (SSSR count). The van der Waals surface area contributed by atoms with Crippen LogP contribution in [0.1, 0.15) is 17.5 Å². The highest BCUT2D eigenvalue weighted by atomic mass is 16.5. The van der Waals surface area contributed by atoms with Crippen molar-refractivity contribution in [3.05, 3.63) is 90.0 Å². The molecule has 0 unspecified atom stereocenters. The van der Waals surface area contributed by atoms with Gasteiger partial charge in [-0.2, -0.15) is 0 Å². The average molecular weight is 347 g/mol. The fourth-order valence-corrected chi connectivity index (χ4v) is 2.78. The van der Waals surface area contributed by atoms with E-state index in [9.17, 15) is 0 Å². The first-order valence-electron chi connectivity index (χ1n) is 8.98. The lowest BCUT2D eigenvalue weighted by molar-refractivity contribution is 0.312. The van der Waals surface area contributed by atoms with Gasteiger partial charge in [0.15, 0.2) is 0 Å². The number of methoxy groups -OCH3 is 1. The summed E-state index contributed by atoms with van der Waals surface area (Å²) in [6.07, 6.45) is 2.03. The van der Waals surface area contributed by atoms with Gasteiger partial charge in [-0.15, -0.1) is 0 Å². The topological polar surface area (TPSA) is 30.5 Å². The van der Waals surface area contributed by atoms with E-state index in [-0.39, 0.29) is 0 Å². The number of para-hydroxylation sites is 2. The molecule has 0 aromatic heterocycles. The van der Waals surface area contributed by atoms with Crippen molar-refractivity contribution >= 4 is 5.69 Å². The van der Waals surface area contributed by atoms with E-state index in [1.165, 1.54) is 11.1 Å². The predicted octanol–water partition coefficient (Wildman–Crippen LogP) is 5.32. The Morgan fingerprint density at radius 2 is 1.50 bits per heavy atom. The Bertz CT molecular complexity index is 785. The first-order chi connectivity index (χ1) is 12.8. The molecule has 3 heteroatoms. The first kappa shape index (κ1) is 17.9. The van der Waals surface area contributed by atoms with Gasteiger partial charge >= 0.3 is 0 Å². The lowest BCUT2D eigenvalue weighted by atomic mass is 10.1. The molecule has 0 saturated carbocycles. The van der Waals surface area contributed by atoms with E-state index in [0.717, 1.165) is 36.6 Å². The van der Waals surface area contributed by atoms with Crippen LogP contribution in [-0.2, 0) is 13.0 Å². The van der Waals surface area contributed by atoms with Crippen LogP contribution in [0.4, 0.5) is 5.69 Å². The van der Waals surface area contributed by atoms with Gasteiger partial charge in [0.05, 0.1) is 19.4 Å².